The Balaban J connectivity index is 1.55. The molecular formula is C28H33IN4O8. The van der Waals surface area contributed by atoms with E-state index in [1.165, 1.54) is 4.90 Å². The van der Waals surface area contributed by atoms with Crippen molar-refractivity contribution in [3.05, 3.63) is 37.7 Å². The van der Waals surface area contributed by atoms with Crippen LogP contribution in [0.3, 0.4) is 0 Å². The van der Waals surface area contributed by atoms with Gasteiger partial charge in [0, 0.05) is 21.1 Å². The number of nitrogens with one attached hydrogen (secondary N) is 2. The molecule has 2 amide bonds. The topological polar surface area (TPSA) is 203 Å². The van der Waals surface area contributed by atoms with E-state index < -0.39 is 63.8 Å². The number of aliphatic hydroxyl groups is 3. The number of nitrogens with zero attached hydrogens (tertiary/aromatic N) is 1. The number of phenolic OH excluding ortho intramolecular Hbond substituents is 1. The minimum absolute atomic E-state index is 0.00786. The third-order valence-corrected chi connectivity index (χ3v) is 9.81. The number of aromatic hydroxyl groups is 1. The van der Waals surface area contributed by atoms with Crippen molar-refractivity contribution in [3.8, 4) is 5.75 Å². The van der Waals surface area contributed by atoms with E-state index in [0.717, 1.165) is 25.7 Å². The van der Waals surface area contributed by atoms with Crippen LogP contribution in [0.5, 0.6) is 5.75 Å². The molecule has 220 valence electrons. The third-order valence-electron chi connectivity index (χ3n) is 8.85. The van der Waals surface area contributed by atoms with Gasteiger partial charge in [-0.2, -0.15) is 0 Å². The maximum atomic E-state index is 14.0. The fraction of sp³-hybridized carbons (Fsp3) is 0.500. The van der Waals surface area contributed by atoms with E-state index in [2.05, 4.69) is 10.6 Å². The van der Waals surface area contributed by atoms with Crippen LogP contribution in [0.25, 0.3) is 5.76 Å². The molecule has 0 radical (unpaired) electrons. The zero-order valence-corrected chi connectivity index (χ0v) is 24.8. The van der Waals surface area contributed by atoms with Gasteiger partial charge in [-0.15, -0.1) is 0 Å². The number of halogens is 1. The highest BCUT2D eigenvalue weighted by molar-refractivity contribution is 14.1. The summed E-state index contributed by atoms with van der Waals surface area (Å²) in [6.07, 6.45) is 4.39. The molecule has 0 heterocycles. The Labute approximate surface area is 249 Å². The predicted octanol–water partition coefficient (Wildman–Crippen LogP) is 1.04. The Bertz CT molecular complexity index is 1430. The number of carbonyl (C=O) groups is 4. The van der Waals surface area contributed by atoms with Crippen LogP contribution >= 0.6 is 22.6 Å². The Hall–Kier alpha value is -3.01. The minimum Gasteiger partial charge on any atom is -0.508 e. The second-order valence-corrected chi connectivity index (χ2v) is 12.6. The van der Waals surface area contributed by atoms with E-state index in [1.54, 1.807) is 20.2 Å². The normalized spacial score (nSPS) is 28.1. The number of carbonyl (C=O) groups excluding carboxylic acids is 4. The summed E-state index contributed by atoms with van der Waals surface area (Å²) in [7, 11) is 3.10. The second-order valence-electron chi connectivity index (χ2n) is 11.5. The number of anilines is 1. The molecule has 1 aromatic rings. The summed E-state index contributed by atoms with van der Waals surface area (Å²) < 4.78 is 0.621. The number of phenols is 1. The van der Waals surface area contributed by atoms with Gasteiger partial charge in [-0.1, -0.05) is 12.8 Å². The minimum atomic E-state index is -2.70. The van der Waals surface area contributed by atoms with Gasteiger partial charge < -0.3 is 36.8 Å². The number of benzene rings is 1. The highest BCUT2D eigenvalue weighted by Gasteiger charge is 2.64. The SMILES string of the molecule is CN(C)[C@@H]1C(=O)C(C(N)=O)=C(O)C2(O)C(=O)C3=C(O)c4c(O)c(NC(=O)CNC5CCCC5)cc(I)c4CC3CC12. The monoisotopic (exact) mass is 680 g/mol. The lowest BCUT2D eigenvalue weighted by Gasteiger charge is -2.50. The first kappa shape index (κ1) is 29.5. The van der Waals surface area contributed by atoms with Crippen molar-refractivity contribution in [3.63, 3.8) is 0 Å². The van der Waals surface area contributed by atoms with Gasteiger partial charge in [-0.3, -0.25) is 24.1 Å². The van der Waals surface area contributed by atoms with Crippen LogP contribution in [0.4, 0.5) is 5.69 Å². The van der Waals surface area contributed by atoms with Gasteiger partial charge in [0.2, 0.25) is 11.7 Å². The van der Waals surface area contributed by atoms with Gasteiger partial charge in [0.05, 0.1) is 23.8 Å². The van der Waals surface area contributed by atoms with Crippen molar-refractivity contribution in [1.29, 1.82) is 0 Å². The van der Waals surface area contributed by atoms with E-state index in [0.29, 0.717) is 9.13 Å². The molecule has 0 spiro atoms. The highest BCUT2D eigenvalue weighted by atomic mass is 127. The molecule has 12 nitrogen and oxygen atoms in total. The summed E-state index contributed by atoms with van der Waals surface area (Å²) in [4.78, 5) is 53.3. The average molecular weight is 680 g/mol. The molecule has 3 unspecified atom stereocenters. The molecule has 2 fully saturated rings. The van der Waals surface area contributed by atoms with Gasteiger partial charge in [0.15, 0.2) is 11.4 Å². The van der Waals surface area contributed by atoms with E-state index >= 15 is 0 Å². The standard InChI is InChI=1S/C28H33IN4O8/c1-33(2)21-14-8-11-7-13-15(29)9-16(32-17(34)10-31-12-5-3-4-6-12)22(35)19(13)23(36)18(11)25(38)28(14,41)26(39)20(24(21)37)27(30)40/h9,11-12,14,21,31,35-36,39,41H,3-8,10H2,1-2H3,(H2,30,40)(H,32,34)/t11?,14?,21-,28?/m0/s1. The van der Waals surface area contributed by atoms with Gasteiger partial charge >= 0.3 is 0 Å². The quantitative estimate of drug-likeness (QED) is 0.129. The van der Waals surface area contributed by atoms with Crippen LogP contribution < -0.4 is 16.4 Å². The molecule has 5 rings (SSSR count). The summed E-state index contributed by atoms with van der Waals surface area (Å²) in [6, 6.07) is 0.704. The van der Waals surface area contributed by atoms with Crippen molar-refractivity contribution in [2.24, 2.45) is 17.6 Å². The predicted molar refractivity (Wildman–Crippen MR) is 156 cm³/mol. The van der Waals surface area contributed by atoms with E-state index in [9.17, 15) is 39.6 Å². The number of nitrogens with two attached hydrogens (primary N) is 1. The third kappa shape index (κ3) is 4.62. The number of amides is 2. The first-order chi connectivity index (χ1) is 19.3. The van der Waals surface area contributed by atoms with Crippen LogP contribution in [0.2, 0.25) is 0 Å². The van der Waals surface area contributed by atoms with Crippen molar-refractivity contribution in [2.75, 3.05) is 26.0 Å². The maximum absolute atomic E-state index is 14.0. The zero-order chi connectivity index (χ0) is 30.0. The summed E-state index contributed by atoms with van der Waals surface area (Å²) in [5, 5.41) is 51.1. The number of primary amides is 1. The lowest BCUT2D eigenvalue weighted by Crippen LogP contribution is -2.65. The summed E-state index contributed by atoms with van der Waals surface area (Å²) in [5.41, 5.74) is 2.07. The second kappa shape index (κ2) is 10.7. The highest BCUT2D eigenvalue weighted by Crippen LogP contribution is 2.53. The fourth-order valence-corrected chi connectivity index (χ4v) is 7.72. The van der Waals surface area contributed by atoms with Gasteiger partial charge in [-0.25, -0.2) is 0 Å². The first-order valence-electron chi connectivity index (χ1n) is 13.5. The number of rotatable bonds is 6. The Kier molecular flexibility index (Phi) is 7.68. The smallest absolute Gasteiger partial charge is 0.255 e. The lowest BCUT2D eigenvalue weighted by atomic mass is 9.57. The van der Waals surface area contributed by atoms with Crippen LogP contribution in [0, 0.1) is 15.4 Å². The van der Waals surface area contributed by atoms with Crippen LogP contribution in [0.15, 0.2) is 23.0 Å². The average Bonchev–Trinajstić information content (AvgIpc) is 3.41. The molecule has 4 atom stereocenters. The van der Waals surface area contributed by atoms with Crippen LogP contribution in [-0.2, 0) is 25.6 Å². The molecule has 41 heavy (non-hydrogen) atoms. The number of likely N-dealkylation sites (N-methyl/N-ethyl adjacent to an activating group) is 1. The van der Waals surface area contributed by atoms with Crippen LogP contribution in [-0.4, -0.2) is 87.0 Å². The summed E-state index contributed by atoms with van der Waals surface area (Å²) in [6.45, 7) is 0.0411. The fourth-order valence-electron chi connectivity index (χ4n) is 6.92. The maximum Gasteiger partial charge on any atom is 0.255 e. The molecule has 0 aromatic heterocycles. The molecule has 8 N–H and O–H groups in total. The molecule has 0 aliphatic heterocycles. The van der Waals surface area contributed by atoms with Crippen molar-refractivity contribution in [1.82, 2.24) is 10.2 Å². The number of hydrogen-bond donors (Lipinski definition) is 7. The van der Waals surface area contributed by atoms with Gasteiger partial charge in [0.25, 0.3) is 5.91 Å². The van der Waals surface area contributed by atoms with Crippen molar-refractivity contribution in [2.45, 2.75) is 56.2 Å². The number of hydrogen-bond acceptors (Lipinski definition) is 10. The molecule has 1 aromatic carbocycles. The number of Topliss-reactive ketones (excluding diaryl/α,β-unsaturated/α-hetero) is 2. The Morgan fingerprint density at radius 3 is 2.44 bits per heavy atom. The molecule has 0 bridgehead atoms. The summed E-state index contributed by atoms with van der Waals surface area (Å²) in [5.74, 6) is -7.54. The molecule has 0 saturated heterocycles. The molecule has 4 aliphatic rings. The van der Waals surface area contributed by atoms with Crippen molar-refractivity contribution < 1.29 is 39.6 Å². The number of fused-ring (bicyclic) bond motifs is 3. The summed E-state index contributed by atoms with van der Waals surface area (Å²) >= 11 is 2.03. The van der Waals surface area contributed by atoms with E-state index in [-0.39, 0.29) is 48.2 Å². The number of aliphatic hydroxyl groups excluding tert-OH is 2. The van der Waals surface area contributed by atoms with E-state index in [4.69, 9.17) is 5.73 Å². The zero-order valence-electron chi connectivity index (χ0n) is 22.7. The molecule has 2 saturated carbocycles. The number of ketones is 2. The Morgan fingerprint density at radius 1 is 1.17 bits per heavy atom. The lowest BCUT2D eigenvalue weighted by molar-refractivity contribution is -0.153. The van der Waals surface area contributed by atoms with Crippen LogP contribution in [0.1, 0.15) is 43.2 Å². The van der Waals surface area contributed by atoms with E-state index in [1.807, 2.05) is 22.6 Å². The van der Waals surface area contributed by atoms with Gasteiger partial charge in [-0.05, 0) is 79.9 Å². The molecule has 4 aliphatic carbocycles. The largest absolute Gasteiger partial charge is 0.508 e. The molecular weight excluding hydrogens is 647 g/mol. The molecule has 13 heteroatoms. The van der Waals surface area contributed by atoms with Gasteiger partial charge in [0.1, 0.15) is 22.8 Å². The van der Waals surface area contributed by atoms with Crippen molar-refractivity contribution >= 4 is 57.4 Å². The Morgan fingerprint density at radius 2 is 1.83 bits per heavy atom. The first-order valence-corrected chi connectivity index (χ1v) is 14.6.